The first-order valence-corrected chi connectivity index (χ1v) is 10.4. The summed E-state index contributed by atoms with van der Waals surface area (Å²) in [5.74, 6) is -0.566. The Hall–Kier alpha value is -1.77. The predicted molar refractivity (Wildman–Crippen MR) is 100 cm³/mol. The van der Waals surface area contributed by atoms with Crippen molar-refractivity contribution in [2.75, 3.05) is 18.4 Å². The number of sulfonamides is 1. The molecule has 1 saturated heterocycles. The van der Waals surface area contributed by atoms with Crippen LogP contribution < -0.4 is 5.32 Å². The average Bonchev–Trinajstić information content (AvgIpc) is 2.94. The van der Waals surface area contributed by atoms with Gasteiger partial charge < -0.3 is 5.32 Å². The van der Waals surface area contributed by atoms with Crippen LogP contribution in [0.3, 0.4) is 0 Å². The van der Waals surface area contributed by atoms with Gasteiger partial charge in [-0.25, -0.2) is 17.7 Å². The topological polar surface area (TPSA) is 79.4 Å². The lowest BCUT2D eigenvalue weighted by atomic mass is 10.1. The smallest absolute Gasteiger partial charge is 0.248 e. The number of hydrogen-bond acceptors (Lipinski definition) is 5. The number of nitrogens with zero attached hydrogens (tertiary/aromatic N) is 2. The Morgan fingerprint density at radius 3 is 2.44 bits per heavy atom. The minimum Gasteiger partial charge on any atom is -0.301 e. The zero-order chi connectivity index (χ0) is 18.2. The highest BCUT2D eigenvalue weighted by Gasteiger charge is 2.47. The van der Waals surface area contributed by atoms with Crippen LogP contribution in [0, 0.1) is 6.92 Å². The monoisotopic (exact) mass is 379 g/mol. The Kier molecular flexibility index (Phi) is 4.70. The minimum atomic E-state index is -3.67. The molecule has 25 heavy (non-hydrogen) atoms. The third-order valence-corrected chi connectivity index (χ3v) is 7.70. The van der Waals surface area contributed by atoms with Crippen LogP contribution in [0.15, 0.2) is 29.6 Å². The molecule has 0 saturated carbocycles. The summed E-state index contributed by atoms with van der Waals surface area (Å²) in [5.41, 5.74) is 2.86. The van der Waals surface area contributed by atoms with E-state index in [1.165, 1.54) is 29.5 Å². The minimum absolute atomic E-state index is 0.396. The largest absolute Gasteiger partial charge is 0.301 e. The zero-order valence-electron chi connectivity index (χ0n) is 14.4. The van der Waals surface area contributed by atoms with Crippen molar-refractivity contribution in [2.45, 2.75) is 31.9 Å². The molecule has 1 aliphatic heterocycles. The second kappa shape index (κ2) is 6.51. The first-order valence-electron chi connectivity index (χ1n) is 8.05. The van der Waals surface area contributed by atoms with E-state index >= 15 is 0 Å². The molecule has 2 heterocycles. The number of aryl methyl sites for hydroxylation is 1. The van der Waals surface area contributed by atoms with E-state index in [9.17, 15) is 13.2 Å². The molecule has 0 unspecified atom stereocenters. The predicted octanol–water partition coefficient (Wildman–Crippen LogP) is 2.87. The Morgan fingerprint density at radius 1 is 1.24 bits per heavy atom. The Bertz CT molecular complexity index is 882. The zero-order valence-corrected chi connectivity index (χ0v) is 16.1. The SMILES string of the molecule is Cc1ccc(-c2csc(NC(=O)C(C)(C)S(=O)(=O)N3CCC3)n2)cc1. The molecule has 1 aromatic carbocycles. The van der Waals surface area contributed by atoms with Crippen molar-refractivity contribution < 1.29 is 13.2 Å². The van der Waals surface area contributed by atoms with Crippen molar-refractivity contribution in [2.24, 2.45) is 0 Å². The van der Waals surface area contributed by atoms with E-state index in [-0.39, 0.29) is 0 Å². The summed E-state index contributed by atoms with van der Waals surface area (Å²) < 4.78 is 25.0. The van der Waals surface area contributed by atoms with Crippen molar-refractivity contribution in [1.29, 1.82) is 0 Å². The van der Waals surface area contributed by atoms with Gasteiger partial charge in [0, 0.05) is 24.0 Å². The van der Waals surface area contributed by atoms with Gasteiger partial charge in [-0.3, -0.25) is 4.79 Å². The van der Waals surface area contributed by atoms with Crippen molar-refractivity contribution in [3.05, 3.63) is 35.2 Å². The molecule has 1 amide bonds. The average molecular weight is 380 g/mol. The molecule has 1 fully saturated rings. The molecule has 0 atom stereocenters. The summed E-state index contributed by atoms with van der Waals surface area (Å²) in [6.45, 7) is 5.84. The fourth-order valence-corrected chi connectivity index (χ4v) is 4.79. The lowest BCUT2D eigenvalue weighted by Crippen LogP contribution is -2.55. The molecule has 1 N–H and O–H groups in total. The second-order valence-corrected chi connectivity index (χ2v) is 9.97. The van der Waals surface area contributed by atoms with Gasteiger partial charge in [-0.05, 0) is 27.2 Å². The summed E-state index contributed by atoms with van der Waals surface area (Å²) >= 11 is 1.28. The highest BCUT2D eigenvalue weighted by molar-refractivity contribution is 7.91. The van der Waals surface area contributed by atoms with E-state index in [1.54, 1.807) is 0 Å². The van der Waals surface area contributed by atoms with Crippen molar-refractivity contribution in [3.8, 4) is 11.3 Å². The van der Waals surface area contributed by atoms with E-state index in [2.05, 4.69) is 10.3 Å². The van der Waals surface area contributed by atoms with Crippen LogP contribution >= 0.6 is 11.3 Å². The van der Waals surface area contributed by atoms with E-state index in [0.717, 1.165) is 23.2 Å². The highest BCUT2D eigenvalue weighted by Crippen LogP contribution is 2.29. The summed E-state index contributed by atoms with van der Waals surface area (Å²) in [4.78, 5) is 17.0. The molecule has 0 spiro atoms. The molecule has 6 nitrogen and oxygen atoms in total. The van der Waals surface area contributed by atoms with Crippen LogP contribution in [0.4, 0.5) is 5.13 Å². The molecule has 134 valence electrons. The summed E-state index contributed by atoms with van der Waals surface area (Å²) in [6.07, 6.45) is 0.837. The third-order valence-electron chi connectivity index (χ3n) is 4.42. The van der Waals surface area contributed by atoms with Crippen LogP contribution in [-0.4, -0.2) is 41.5 Å². The van der Waals surface area contributed by atoms with Crippen LogP contribution in [0.2, 0.25) is 0 Å². The number of hydrogen-bond donors (Lipinski definition) is 1. The number of anilines is 1. The van der Waals surface area contributed by atoms with Crippen LogP contribution in [0.1, 0.15) is 25.8 Å². The van der Waals surface area contributed by atoms with E-state index in [0.29, 0.717) is 18.2 Å². The maximum atomic E-state index is 12.6. The van der Waals surface area contributed by atoms with E-state index in [1.807, 2.05) is 36.6 Å². The number of benzene rings is 1. The number of carbonyl (C=O) groups excluding carboxylic acids is 1. The first-order chi connectivity index (χ1) is 11.7. The van der Waals surface area contributed by atoms with Gasteiger partial charge in [-0.1, -0.05) is 29.8 Å². The second-order valence-electron chi connectivity index (χ2n) is 6.63. The Morgan fingerprint density at radius 2 is 1.88 bits per heavy atom. The fourth-order valence-electron chi connectivity index (χ4n) is 2.40. The molecule has 2 aromatic rings. The summed E-state index contributed by atoms with van der Waals surface area (Å²) in [5, 5.41) is 4.90. The number of nitrogens with one attached hydrogen (secondary N) is 1. The lowest BCUT2D eigenvalue weighted by molar-refractivity contribution is -0.118. The first kappa shape index (κ1) is 18.0. The van der Waals surface area contributed by atoms with Gasteiger partial charge in [-0.15, -0.1) is 11.3 Å². The van der Waals surface area contributed by atoms with Gasteiger partial charge in [-0.2, -0.15) is 0 Å². The van der Waals surface area contributed by atoms with E-state index < -0.39 is 20.7 Å². The molecule has 3 rings (SSSR count). The van der Waals surface area contributed by atoms with Gasteiger partial charge >= 0.3 is 0 Å². The number of carbonyl (C=O) groups is 1. The van der Waals surface area contributed by atoms with Gasteiger partial charge in [0.1, 0.15) is 0 Å². The van der Waals surface area contributed by atoms with Gasteiger partial charge in [0.05, 0.1) is 5.69 Å². The fraction of sp³-hybridized carbons (Fsp3) is 0.412. The van der Waals surface area contributed by atoms with E-state index in [4.69, 9.17) is 0 Å². The van der Waals surface area contributed by atoms with Crippen molar-refractivity contribution >= 4 is 32.4 Å². The Balaban J connectivity index is 1.76. The molecule has 0 radical (unpaired) electrons. The number of amides is 1. The molecule has 1 aromatic heterocycles. The van der Waals surface area contributed by atoms with Crippen LogP contribution in [-0.2, 0) is 14.8 Å². The third kappa shape index (κ3) is 3.33. The molecule has 0 aliphatic carbocycles. The summed E-state index contributed by atoms with van der Waals surface area (Å²) in [7, 11) is -3.67. The molecular weight excluding hydrogens is 358 g/mol. The Labute approximate surface area is 151 Å². The number of thiazole rings is 1. The molecular formula is C17H21N3O3S2. The lowest BCUT2D eigenvalue weighted by Gasteiger charge is -2.36. The quantitative estimate of drug-likeness (QED) is 0.866. The van der Waals surface area contributed by atoms with Crippen LogP contribution in [0.25, 0.3) is 11.3 Å². The maximum absolute atomic E-state index is 12.6. The van der Waals surface area contributed by atoms with Gasteiger partial charge in [0.25, 0.3) is 0 Å². The standard InChI is InChI=1S/C17H21N3O3S2/c1-12-5-7-13(8-6-12)14-11-24-16(18-14)19-15(21)17(2,3)25(22,23)20-9-4-10-20/h5-8,11H,4,9-10H2,1-3H3,(H,18,19,21). The maximum Gasteiger partial charge on any atom is 0.248 e. The van der Waals surface area contributed by atoms with Crippen molar-refractivity contribution in [1.82, 2.24) is 9.29 Å². The molecule has 1 aliphatic rings. The van der Waals surface area contributed by atoms with Crippen molar-refractivity contribution in [3.63, 3.8) is 0 Å². The molecule has 0 bridgehead atoms. The van der Waals surface area contributed by atoms with Crippen LogP contribution in [0.5, 0.6) is 0 Å². The highest BCUT2D eigenvalue weighted by atomic mass is 32.2. The summed E-state index contributed by atoms with van der Waals surface area (Å²) in [6, 6.07) is 7.92. The normalized spacial score (nSPS) is 15.6. The number of rotatable bonds is 5. The molecule has 8 heteroatoms. The number of aromatic nitrogens is 1. The van der Waals surface area contributed by atoms with Gasteiger partial charge in [0.2, 0.25) is 15.9 Å². The van der Waals surface area contributed by atoms with Gasteiger partial charge in [0.15, 0.2) is 9.88 Å².